The van der Waals surface area contributed by atoms with Crippen LogP contribution in [-0.4, -0.2) is 18.6 Å². The van der Waals surface area contributed by atoms with Crippen LogP contribution in [0.1, 0.15) is 6.92 Å². The van der Waals surface area contributed by atoms with E-state index in [4.69, 9.17) is 5.73 Å². The number of nitrogens with two attached hydrogens (primary N) is 1. The summed E-state index contributed by atoms with van der Waals surface area (Å²) < 4.78 is 0. The van der Waals surface area contributed by atoms with Crippen molar-refractivity contribution in [2.75, 3.05) is 6.61 Å². The second kappa shape index (κ2) is 4.96. The summed E-state index contributed by atoms with van der Waals surface area (Å²) in [6.07, 6.45) is 1.65. The molecule has 0 aliphatic carbocycles. The summed E-state index contributed by atoms with van der Waals surface area (Å²) in [4.78, 5) is 14.8. The summed E-state index contributed by atoms with van der Waals surface area (Å²) in [5.74, 6) is -0.497. The fourth-order valence-electron chi connectivity index (χ4n) is 0.292. The van der Waals surface area contributed by atoms with E-state index in [0.717, 1.165) is 0 Å². The molecule has 0 fully saturated rings. The van der Waals surface area contributed by atoms with Crippen molar-refractivity contribution in [3.8, 4) is 0 Å². The van der Waals surface area contributed by atoms with E-state index in [1.807, 2.05) is 6.92 Å². The van der Waals surface area contributed by atoms with Gasteiger partial charge in [0.25, 0.3) is 0 Å². The molecule has 4 nitrogen and oxygen atoms in total. The first kappa shape index (κ1) is 9.13. The number of amides is 1. The first-order valence-corrected chi connectivity index (χ1v) is 2.95. The van der Waals surface area contributed by atoms with E-state index in [9.17, 15) is 4.79 Å². The Morgan fingerprint density at radius 2 is 2.60 bits per heavy atom. The van der Waals surface area contributed by atoms with Crippen LogP contribution < -0.4 is 11.2 Å². The van der Waals surface area contributed by atoms with Crippen LogP contribution in [0.4, 0.5) is 0 Å². The number of carbonyl (C=O) groups is 1. The molecule has 0 saturated heterocycles. The summed E-state index contributed by atoms with van der Waals surface area (Å²) in [6, 6.07) is 0.0272. The highest BCUT2D eigenvalue weighted by Gasteiger charge is 1.95. The summed E-state index contributed by atoms with van der Waals surface area (Å²) in [7, 11) is 0. The van der Waals surface area contributed by atoms with Gasteiger partial charge >= 0.3 is 0 Å². The van der Waals surface area contributed by atoms with Gasteiger partial charge in [0, 0.05) is 6.04 Å². The van der Waals surface area contributed by atoms with Gasteiger partial charge in [-0.15, -0.1) is 6.58 Å². The summed E-state index contributed by atoms with van der Waals surface area (Å²) in [5.41, 5.74) is 7.34. The Balaban J connectivity index is 3.19. The van der Waals surface area contributed by atoms with Gasteiger partial charge in [0.2, 0.25) is 5.91 Å². The SMILES string of the molecule is C=CC(C)NOCC(N)=O. The van der Waals surface area contributed by atoms with Crippen molar-refractivity contribution >= 4 is 5.91 Å². The molecule has 1 unspecified atom stereocenters. The minimum atomic E-state index is -0.497. The largest absolute Gasteiger partial charge is 0.368 e. The molecule has 1 atom stereocenters. The van der Waals surface area contributed by atoms with E-state index >= 15 is 0 Å². The Bertz CT molecular complexity index is 125. The molecule has 3 N–H and O–H groups in total. The number of hydroxylamine groups is 1. The van der Waals surface area contributed by atoms with Gasteiger partial charge in [-0.25, -0.2) is 0 Å². The monoisotopic (exact) mass is 144 g/mol. The third-order valence-corrected chi connectivity index (χ3v) is 0.837. The van der Waals surface area contributed by atoms with Gasteiger partial charge in [-0.1, -0.05) is 6.08 Å². The molecule has 10 heavy (non-hydrogen) atoms. The molecule has 0 aromatic rings. The zero-order valence-electron chi connectivity index (χ0n) is 5.96. The van der Waals surface area contributed by atoms with Gasteiger partial charge in [0.15, 0.2) is 0 Å². The molecule has 1 amide bonds. The van der Waals surface area contributed by atoms with Crippen LogP contribution in [-0.2, 0) is 9.63 Å². The Morgan fingerprint density at radius 1 is 2.00 bits per heavy atom. The first-order chi connectivity index (χ1) is 4.66. The second-order valence-electron chi connectivity index (χ2n) is 1.90. The highest BCUT2D eigenvalue weighted by atomic mass is 16.6. The molecule has 0 radical (unpaired) electrons. The number of hydrogen-bond acceptors (Lipinski definition) is 3. The Hall–Kier alpha value is -0.870. The minimum absolute atomic E-state index is 0.0272. The standard InChI is InChI=1S/C6H12N2O2/c1-3-5(2)8-10-4-6(7)9/h3,5,8H,1,4H2,2H3,(H2,7,9). The fraction of sp³-hybridized carbons (Fsp3) is 0.500. The predicted octanol–water partition coefficient (Wildman–Crippen LogP) is -0.433. The summed E-state index contributed by atoms with van der Waals surface area (Å²) >= 11 is 0. The van der Waals surface area contributed by atoms with Crippen LogP contribution in [0, 0.1) is 0 Å². The van der Waals surface area contributed by atoms with Gasteiger partial charge < -0.3 is 5.73 Å². The topological polar surface area (TPSA) is 64.3 Å². The normalized spacial score (nSPS) is 12.5. The predicted molar refractivity (Wildman–Crippen MR) is 37.9 cm³/mol. The van der Waals surface area contributed by atoms with E-state index in [-0.39, 0.29) is 12.6 Å². The lowest BCUT2D eigenvalue weighted by molar-refractivity contribution is -0.125. The average molecular weight is 144 g/mol. The van der Waals surface area contributed by atoms with Gasteiger partial charge in [-0.05, 0) is 6.92 Å². The summed E-state index contributed by atoms with van der Waals surface area (Å²) in [6.45, 7) is 5.23. The van der Waals surface area contributed by atoms with Crippen LogP contribution >= 0.6 is 0 Å². The van der Waals surface area contributed by atoms with Crippen LogP contribution in [0.2, 0.25) is 0 Å². The van der Waals surface area contributed by atoms with Crippen LogP contribution in [0.3, 0.4) is 0 Å². The summed E-state index contributed by atoms with van der Waals surface area (Å²) in [5, 5.41) is 0. The third kappa shape index (κ3) is 5.27. The van der Waals surface area contributed by atoms with Crippen molar-refractivity contribution in [2.24, 2.45) is 5.73 Å². The highest BCUT2D eigenvalue weighted by molar-refractivity contribution is 5.74. The van der Waals surface area contributed by atoms with Crippen molar-refractivity contribution < 1.29 is 9.63 Å². The lowest BCUT2D eigenvalue weighted by Crippen LogP contribution is -2.29. The molecule has 0 aliphatic rings. The molecular formula is C6H12N2O2. The Labute approximate surface area is 60.0 Å². The molecule has 0 bridgehead atoms. The molecule has 0 heterocycles. The Kier molecular flexibility index (Phi) is 4.53. The van der Waals surface area contributed by atoms with Gasteiger partial charge in [-0.3, -0.25) is 9.63 Å². The third-order valence-electron chi connectivity index (χ3n) is 0.837. The number of hydrogen-bond donors (Lipinski definition) is 2. The molecule has 0 aliphatic heterocycles. The van der Waals surface area contributed by atoms with Gasteiger partial charge in [0.05, 0.1) is 0 Å². The molecule has 0 spiro atoms. The van der Waals surface area contributed by atoms with E-state index in [2.05, 4.69) is 16.9 Å². The van der Waals surface area contributed by atoms with E-state index in [1.165, 1.54) is 0 Å². The second-order valence-corrected chi connectivity index (χ2v) is 1.90. The maximum atomic E-state index is 10.1. The first-order valence-electron chi connectivity index (χ1n) is 2.95. The molecule has 0 aromatic carbocycles. The lowest BCUT2D eigenvalue weighted by atomic mass is 10.4. The molecule has 0 aromatic heterocycles. The molecule has 0 rings (SSSR count). The van der Waals surface area contributed by atoms with Crippen molar-refractivity contribution in [1.82, 2.24) is 5.48 Å². The Morgan fingerprint density at radius 3 is 3.00 bits per heavy atom. The molecule has 0 saturated carbocycles. The molecule has 4 heteroatoms. The van der Waals surface area contributed by atoms with Crippen molar-refractivity contribution in [3.05, 3.63) is 12.7 Å². The van der Waals surface area contributed by atoms with E-state index in [0.29, 0.717) is 0 Å². The average Bonchev–Trinajstić information content (AvgIpc) is 1.87. The minimum Gasteiger partial charge on any atom is -0.368 e. The fourth-order valence-corrected chi connectivity index (χ4v) is 0.292. The van der Waals surface area contributed by atoms with Crippen molar-refractivity contribution in [2.45, 2.75) is 13.0 Å². The van der Waals surface area contributed by atoms with Gasteiger partial charge in [0.1, 0.15) is 6.61 Å². The number of primary amides is 1. The van der Waals surface area contributed by atoms with E-state index in [1.54, 1.807) is 6.08 Å². The van der Waals surface area contributed by atoms with Crippen LogP contribution in [0.15, 0.2) is 12.7 Å². The maximum absolute atomic E-state index is 10.1. The number of nitrogens with one attached hydrogen (secondary N) is 1. The smallest absolute Gasteiger partial charge is 0.245 e. The zero-order valence-corrected chi connectivity index (χ0v) is 5.96. The van der Waals surface area contributed by atoms with Crippen LogP contribution in [0.5, 0.6) is 0 Å². The van der Waals surface area contributed by atoms with Crippen molar-refractivity contribution in [1.29, 1.82) is 0 Å². The zero-order chi connectivity index (χ0) is 7.98. The van der Waals surface area contributed by atoms with Crippen molar-refractivity contribution in [3.63, 3.8) is 0 Å². The number of carbonyl (C=O) groups excluding carboxylic acids is 1. The van der Waals surface area contributed by atoms with E-state index < -0.39 is 5.91 Å². The lowest BCUT2D eigenvalue weighted by Gasteiger charge is -2.06. The van der Waals surface area contributed by atoms with Crippen LogP contribution in [0.25, 0.3) is 0 Å². The highest BCUT2D eigenvalue weighted by Crippen LogP contribution is 1.79. The molecule has 58 valence electrons. The number of rotatable bonds is 5. The maximum Gasteiger partial charge on any atom is 0.245 e. The van der Waals surface area contributed by atoms with Gasteiger partial charge in [-0.2, -0.15) is 5.48 Å². The molecular weight excluding hydrogens is 132 g/mol. The quantitative estimate of drug-likeness (QED) is 0.406.